The lowest BCUT2D eigenvalue weighted by molar-refractivity contribution is -0.141. The second-order valence-electron chi connectivity index (χ2n) is 3.56. The number of hydrogen-bond acceptors (Lipinski definition) is 4. The molecule has 0 unspecified atom stereocenters. The van der Waals surface area contributed by atoms with Crippen molar-refractivity contribution in [2.24, 2.45) is 0 Å². The van der Waals surface area contributed by atoms with Crippen molar-refractivity contribution in [2.75, 3.05) is 11.9 Å². The van der Waals surface area contributed by atoms with E-state index < -0.39 is 11.9 Å². The van der Waals surface area contributed by atoms with Gasteiger partial charge in [-0.3, -0.25) is 0 Å². The highest BCUT2D eigenvalue weighted by molar-refractivity contribution is 7.09. The van der Waals surface area contributed by atoms with Crippen LogP contribution in [-0.4, -0.2) is 16.7 Å². The van der Waals surface area contributed by atoms with Crippen LogP contribution in [0, 0.1) is 0 Å². The average Bonchev–Trinajstić information content (AvgIpc) is 2.82. The number of nitrogens with one attached hydrogen (secondary N) is 1. The molecule has 2 aromatic heterocycles. The molecule has 0 saturated carbocycles. The molecule has 0 bridgehead atoms. The normalized spacial score (nSPS) is 11.5. The maximum Gasteiger partial charge on any atom is 0.435 e. The Morgan fingerprint density at radius 1 is 1.17 bits per heavy atom. The smallest absolute Gasteiger partial charge is 0.368 e. The van der Waals surface area contributed by atoms with Crippen LogP contribution < -0.4 is 5.32 Å². The fourth-order valence-corrected chi connectivity index (χ4v) is 2.06. The molecule has 1 N–H and O–H groups in total. The van der Waals surface area contributed by atoms with E-state index in [1.807, 2.05) is 17.5 Å². The van der Waals surface area contributed by atoms with Gasteiger partial charge >= 0.3 is 6.18 Å². The molecule has 0 aliphatic rings. The van der Waals surface area contributed by atoms with Crippen LogP contribution in [0.2, 0.25) is 0 Å². The van der Waals surface area contributed by atoms with E-state index in [1.54, 1.807) is 11.3 Å². The minimum atomic E-state index is -4.44. The summed E-state index contributed by atoms with van der Waals surface area (Å²) in [6, 6.07) is 6.16. The van der Waals surface area contributed by atoms with Crippen LogP contribution in [0.3, 0.4) is 0 Å². The molecule has 0 aromatic carbocycles. The Labute approximate surface area is 106 Å². The number of anilines is 1. The molecule has 2 rings (SSSR count). The summed E-state index contributed by atoms with van der Waals surface area (Å²) < 4.78 is 36.7. The maximum atomic E-state index is 12.2. The highest BCUT2D eigenvalue weighted by atomic mass is 32.1. The Hall–Kier alpha value is -1.63. The van der Waals surface area contributed by atoms with Crippen molar-refractivity contribution < 1.29 is 13.2 Å². The molecule has 7 heteroatoms. The number of alkyl halides is 3. The molecule has 0 radical (unpaired) electrons. The lowest BCUT2D eigenvalue weighted by Crippen LogP contribution is -2.11. The van der Waals surface area contributed by atoms with Gasteiger partial charge in [0.05, 0.1) is 0 Å². The molecule has 0 saturated heterocycles. The number of thiophene rings is 1. The SMILES string of the molecule is FC(F)(F)c1ccc(NCCc2cccs2)nn1. The van der Waals surface area contributed by atoms with Crippen molar-refractivity contribution in [3.05, 3.63) is 40.2 Å². The van der Waals surface area contributed by atoms with Gasteiger partial charge in [0.25, 0.3) is 0 Å². The summed E-state index contributed by atoms with van der Waals surface area (Å²) in [4.78, 5) is 1.21. The van der Waals surface area contributed by atoms with Gasteiger partial charge in [0.15, 0.2) is 5.69 Å². The summed E-state index contributed by atoms with van der Waals surface area (Å²) in [6.07, 6.45) is -3.64. The van der Waals surface area contributed by atoms with Crippen LogP contribution in [0.25, 0.3) is 0 Å². The molecule has 96 valence electrons. The molecule has 0 spiro atoms. The van der Waals surface area contributed by atoms with Crippen molar-refractivity contribution in [3.63, 3.8) is 0 Å². The standard InChI is InChI=1S/C11H10F3N3S/c12-11(13,14)9-3-4-10(17-16-9)15-6-5-8-2-1-7-18-8/h1-4,7H,5-6H2,(H,15,17). The summed E-state index contributed by atoms with van der Waals surface area (Å²) in [6.45, 7) is 0.612. The first-order valence-corrected chi connectivity index (χ1v) is 6.11. The number of rotatable bonds is 4. The van der Waals surface area contributed by atoms with E-state index in [0.717, 1.165) is 12.5 Å². The number of hydrogen-bond donors (Lipinski definition) is 1. The van der Waals surface area contributed by atoms with E-state index in [9.17, 15) is 13.2 Å². The second kappa shape index (κ2) is 5.34. The van der Waals surface area contributed by atoms with Crippen molar-refractivity contribution >= 4 is 17.2 Å². The van der Waals surface area contributed by atoms with E-state index in [0.29, 0.717) is 12.4 Å². The Kier molecular flexibility index (Phi) is 3.81. The number of aromatic nitrogens is 2. The maximum absolute atomic E-state index is 12.2. The van der Waals surface area contributed by atoms with Gasteiger partial charge in [-0.25, -0.2) is 0 Å². The van der Waals surface area contributed by atoms with Crippen LogP contribution in [0.15, 0.2) is 29.6 Å². The van der Waals surface area contributed by atoms with Crippen molar-refractivity contribution in [3.8, 4) is 0 Å². The molecular weight excluding hydrogens is 263 g/mol. The topological polar surface area (TPSA) is 37.8 Å². The third-order valence-electron chi connectivity index (χ3n) is 2.21. The molecule has 2 aromatic rings. The van der Waals surface area contributed by atoms with Gasteiger partial charge in [0.1, 0.15) is 5.82 Å². The molecule has 0 fully saturated rings. The van der Waals surface area contributed by atoms with Gasteiger partial charge in [-0.1, -0.05) is 6.07 Å². The number of nitrogens with zero attached hydrogens (tertiary/aromatic N) is 2. The van der Waals surface area contributed by atoms with E-state index >= 15 is 0 Å². The van der Waals surface area contributed by atoms with Crippen LogP contribution in [0.4, 0.5) is 19.0 Å². The summed E-state index contributed by atoms with van der Waals surface area (Å²) in [7, 11) is 0. The molecule has 2 heterocycles. The van der Waals surface area contributed by atoms with E-state index in [2.05, 4.69) is 15.5 Å². The second-order valence-corrected chi connectivity index (χ2v) is 4.59. The summed E-state index contributed by atoms with van der Waals surface area (Å²) in [5.41, 5.74) is -0.980. The monoisotopic (exact) mass is 273 g/mol. The Bertz CT molecular complexity index is 479. The molecule has 0 aliphatic heterocycles. The van der Waals surface area contributed by atoms with Gasteiger partial charge in [-0.2, -0.15) is 13.2 Å². The largest absolute Gasteiger partial charge is 0.435 e. The van der Waals surface area contributed by atoms with E-state index in [1.165, 1.54) is 10.9 Å². The van der Waals surface area contributed by atoms with Crippen LogP contribution in [-0.2, 0) is 12.6 Å². The summed E-state index contributed by atoms with van der Waals surface area (Å²) in [5, 5.41) is 11.5. The lowest BCUT2D eigenvalue weighted by atomic mass is 10.3. The summed E-state index contributed by atoms with van der Waals surface area (Å²) >= 11 is 1.64. The van der Waals surface area contributed by atoms with Crippen molar-refractivity contribution in [1.82, 2.24) is 10.2 Å². The molecule has 0 atom stereocenters. The van der Waals surface area contributed by atoms with E-state index in [-0.39, 0.29) is 0 Å². The molecule has 0 aliphatic carbocycles. The first kappa shape index (κ1) is 12.8. The average molecular weight is 273 g/mol. The third-order valence-corrected chi connectivity index (χ3v) is 3.15. The third kappa shape index (κ3) is 3.43. The zero-order valence-electron chi connectivity index (χ0n) is 9.24. The fraction of sp³-hybridized carbons (Fsp3) is 0.273. The van der Waals surface area contributed by atoms with Gasteiger partial charge < -0.3 is 5.32 Å². The molecule has 0 amide bonds. The van der Waals surface area contributed by atoms with Gasteiger partial charge in [-0.15, -0.1) is 21.5 Å². The van der Waals surface area contributed by atoms with Crippen LogP contribution in [0.1, 0.15) is 10.6 Å². The fourth-order valence-electron chi connectivity index (χ4n) is 1.35. The van der Waals surface area contributed by atoms with Gasteiger partial charge in [-0.05, 0) is 30.0 Å². The molecule has 3 nitrogen and oxygen atoms in total. The summed E-state index contributed by atoms with van der Waals surface area (Å²) in [5.74, 6) is 0.347. The minimum Gasteiger partial charge on any atom is -0.368 e. The zero-order valence-corrected chi connectivity index (χ0v) is 10.1. The van der Waals surface area contributed by atoms with Crippen molar-refractivity contribution in [2.45, 2.75) is 12.6 Å². The predicted octanol–water partition coefficient (Wildman–Crippen LogP) is 3.21. The zero-order chi connectivity index (χ0) is 13.0. The Balaban J connectivity index is 1.87. The molecular formula is C11H10F3N3S. The Morgan fingerprint density at radius 2 is 2.00 bits per heavy atom. The van der Waals surface area contributed by atoms with Gasteiger partial charge in [0.2, 0.25) is 0 Å². The first-order chi connectivity index (χ1) is 8.55. The predicted molar refractivity (Wildman–Crippen MR) is 63.5 cm³/mol. The highest BCUT2D eigenvalue weighted by Gasteiger charge is 2.32. The highest BCUT2D eigenvalue weighted by Crippen LogP contribution is 2.27. The lowest BCUT2D eigenvalue weighted by Gasteiger charge is -2.06. The van der Waals surface area contributed by atoms with Gasteiger partial charge in [0, 0.05) is 11.4 Å². The quantitative estimate of drug-likeness (QED) is 0.929. The van der Waals surface area contributed by atoms with Crippen LogP contribution in [0.5, 0.6) is 0 Å². The van der Waals surface area contributed by atoms with Crippen molar-refractivity contribution in [1.29, 1.82) is 0 Å². The van der Waals surface area contributed by atoms with E-state index in [4.69, 9.17) is 0 Å². The minimum absolute atomic E-state index is 0.347. The number of halogens is 3. The Morgan fingerprint density at radius 3 is 2.56 bits per heavy atom. The first-order valence-electron chi connectivity index (χ1n) is 5.23. The molecule has 18 heavy (non-hydrogen) atoms. The van der Waals surface area contributed by atoms with Crippen LogP contribution >= 0.6 is 11.3 Å².